The fourth-order valence-electron chi connectivity index (χ4n) is 3.28. The third kappa shape index (κ3) is 3.54. The summed E-state index contributed by atoms with van der Waals surface area (Å²) in [5.74, 6) is 0.574. The average molecular weight is 392 g/mol. The van der Waals surface area contributed by atoms with Crippen molar-refractivity contribution in [3.63, 3.8) is 0 Å². The van der Waals surface area contributed by atoms with Gasteiger partial charge in [-0.1, -0.05) is 19.1 Å². The molecule has 0 saturated carbocycles. The molecule has 1 aliphatic heterocycles. The number of nitrogens with one attached hydrogen (secondary N) is 2. The zero-order valence-electron chi connectivity index (χ0n) is 13.8. The number of carbonyl (C=O) groups excluding carboxylic acids is 1. The van der Waals surface area contributed by atoms with E-state index in [-0.39, 0.29) is 11.5 Å². The number of benzene rings is 1. The number of para-hydroxylation sites is 1. The quantitative estimate of drug-likeness (QED) is 0.841. The van der Waals surface area contributed by atoms with Crippen LogP contribution < -0.4 is 10.9 Å². The second-order valence-corrected chi connectivity index (χ2v) is 7.11. The lowest BCUT2D eigenvalue weighted by Crippen LogP contribution is -2.41. The first-order valence-corrected chi connectivity index (χ1v) is 9.21. The predicted molar refractivity (Wildman–Crippen MR) is 99.4 cm³/mol. The van der Waals surface area contributed by atoms with Crippen LogP contribution in [-0.2, 0) is 0 Å². The van der Waals surface area contributed by atoms with Gasteiger partial charge in [-0.3, -0.25) is 9.59 Å². The summed E-state index contributed by atoms with van der Waals surface area (Å²) < 4.78 is 0.788. The molecule has 2 N–H and O–H groups in total. The molecule has 1 aromatic heterocycles. The zero-order valence-corrected chi connectivity index (χ0v) is 15.4. The summed E-state index contributed by atoms with van der Waals surface area (Å²) in [5, 5.41) is 4.16. The number of likely N-dealkylation sites (tertiary alicyclic amines) is 1. The molecule has 1 amide bonds. The number of piperidine rings is 1. The average Bonchev–Trinajstić information content (AvgIpc) is 2.60. The third-order valence-electron chi connectivity index (χ3n) is 4.64. The number of carbonyl (C=O) groups is 1. The van der Waals surface area contributed by atoms with Crippen molar-refractivity contribution in [2.75, 3.05) is 26.2 Å². The lowest BCUT2D eigenvalue weighted by atomic mass is 9.96. The van der Waals surface area contributed by atoms with Crippen molar-refractivity contribution in [1.29, 1.82) is 0 Å². The molecule has 5 nitrogen and oxygen atoms in total. The van der Waals surface area contributed by atoms with Crippen molar-refractivity contribution < 1.29 is 4.79 Å². The highest BCUT2D eigenvalue weighted by Crippen LogP contribution is 2.25. The van der Waals surface area contributed by atoms with Gasteiger partial charge in [0.1, 0.15) is 0 Å². The molecule has 128 valence electrons. The summed E-state index contributed by atoms with van der Waals surface area (Å²) in [4.78, 5) is 29.6. The minimum Gasteiger partial charge on any atom is -0.339 e. The monoisotopic (exact) mass is 391 g/mol. The maximum absolute atomic E-state index is 12.9. The topological polar surface area (TPSA) is 65.2 Å². The fraction of sp³-hybridized carbons (Fsp3) is 0.444. The number of H-pyrrole nitrogens is 1. The zero-order chi connectivity index (χ0) is 17.1. The molecule has 0 bridgehead atoms. The van der Waals surface area contributed by atoms with E-state index in [0.717, 1.165) is 48.9 Å². The first-order chi connectivity index (χ1) is 11.6. The minimum atomic E-state index is -0.250. The lowest BCUT2D eigenvalue weighted by Gasteiger charge is -2.32. The van der Waals surface area contributed by atoms with E-state index < -0.39 is 0 Å². The van der Waals surface area contributed by atoms with Crippen LogP contribution in [0.4, 0.5) is 0 Å². The number of nitrogens with zero attached hydrogens (tertiary/aromatic N) is 1. The maximum atomic E-state index is 12.9. The largest absolute Gasteiger partial charge is 0.339 e. The van der Waals surface area contributed by atoms with Crippen molar-refractivity contribution in [2.45, 2.75) is 19.8 Å². The number of rotatable bonds is 4. The Balaban J connectivity index is 1.83. The number of hydrogen-bond donors (Lipinski definition) is 2. The molecule has 24 heavy (non-hydrogen) atoms. The second kappa shape index (κ2) is 7.49. The van der Waals surface area contributed by atoms with Crippen LogP contribution in [0.2, 0.25) is 0 Å². The van der Waals surface area contributed by atoms with Gasteiger partial charge >= 0.3 is 0 Å². The SMILES string of the molecule is CCNCC1CCN(C(=O)c2cc(=O)[nH]c3c(Br)cccc23)CC1. The molecule has 2 aromatic rings. The Labute approximate surface area is 149 Å². The van der Waals surface area contributed by atoms with Crippen molar-refractivity contribution in [3.8, 4) is 0 Å². The van der Waals surface area contributed by atoms with E-state index in [1.54, 1.807) is 0 Å². The Hall–Kier alpha value is -1.66. The molecule has 0 unspecified atom stereocenters. The molecule has 0 aliphatic carbocycles. The Bertz CT molecular complexity index is 794. The molecule has 1 aromatic carbocycles. The van der Waals surface area contributed by atoms with Crippen molar-refractivity contribution >= 4 is 32.7 Å². The Kier molecular flexibility index (Phi) is 5.36. The highest BCUT2D eigenvalue weighted by Gasteiger charge is 2.25. The molecular weight excluding hydrogens is 370 g/mol. The van der Waals surface area contributed by atoms with Crippen molar-refractivity contribution in [1.82, 2.24) is 15.2 Å². The van der Waals surface area contributed by atoms with Gasteiger partial charge in [0.2, 0.25) is 5.56 Å². The van der Waals surface area contributed by atoms with E-state index in [2.05, 4.69) is 33.2 Å². The second-order valence-electron chi connectivity index (χ2n) is 6.25. The Morgan fingerprint density at radius 2 is 2.12 bits per heavy atom. The van der Waals surface area contributed by atoms with Crippen LogP contribution in [0, 0.1) is 5.92 Å². The van der Waals surface area contributed by atoms with Crippen LogP contribution in [-0.4, -0.2) is 42.0 Å². The molecule has 3 rings (SSSR count). The summed E-state index contributed by atoms with van der Waals surface area (Å²) in [6, 6.07) is 7.03. The van der Waals surface area contributed by atoms with E-state index in [4.69, 9.17) is 0 Å². The van der Waals surface area contributed by atoms with Gasteiger partial charge < -0.3 is 15.2 Å². The van der Waals surface area contributed by atoms with Gasteiger partial charge in [0.15, 0.2) is 0 Å². The van der Waals surface area contributed by atoms with Crippen LogP contribution in [0.3, 0.4) is 0 Å². The molecule has 1 aliphatic rings. The molecule has 6 heteroatoms. The van der Waals surface area contributed by atoms with Crippen LogP contribution >= 0.6 is 15.9 Å². The normalized spacial score (nSPS) is 15.8. The molecular formula is C18H22BrN3O2. The Morgan fingerprint density at radius 3 is 2.83 bits per heavy atom. The van der Waals surface area contributed by atoms with Gasteiger partial charge in [-0.25, -0.2) is 0 Å². The van der Waals surface area contributed by atoms with E-state index in [1.165, 1.54) is 6.07 Å². The van der Waals surface area contributed by atoms with Gasteiger partial charge in [0.05, 0.1) is 11.1 Å². The Morgan fingerprint density at radius 1 is 1.38 bits per heavy atom. The number of pyridine rings is 1. The van der Waals surface area contributed by atoms with E-state index in [1.807, 2.05) is 23.1 Å². The van der Waals surface area contributed by atoms with E-state index in [0.29, 0.717) is 17.0 Å². The maximum Gasteiger partial charge on any atom is 0.254 e. The van der Waals surface area contributed by atoms with Gasteiger partial charge in [-0.05, 0) is 53.8 Å². The van der Waals surface area contributed by atoms with Gasteiger partial charge in [-0.2, -0.15) is 0 Å². The highest BCUT2D eigenvalue weighted by molar-refractivity contribution is 9.10. The fourth-order valence-corrected chi connectivity index (χ4v) is 3.75. The minimum absolute atomic E-state index is 0.0499. The lowest BCUT2D eigenvalue weighted by molar-refractivity contribution is 0.0692. The number of halogens is 1. The van der Waals surface area contributed by atoms with Crippen LogP contribution in [0.5, 0.6) is 0 Å². The molecule has 0 atom stereocenters. The number of aromatic nitrogens is 1. The third-order valence-corrected chi connectivity index (χ3v) is 5.30. The number of amides is 1. The number of fused-ring (bicyclic) bond motifs is 1. The predicted octanol–water partition coefficient (Wildman–Crippen LogP) is 2.75. The summed E-state index contributed by atoms with van der Waals surface area (Å²) in [6.07, 6.45) is 2.01. The highest BCUT2D eigenvalue weighted by atomic mass is 79.9. The molecule has 1 saturated heterocycles. The molecule has 0 spiro atoms. The van der Waals surface area contributed by atoms with Crippen LogP contribution in [0.25, 0.3) is 10.9 Å². The molecule has 1 fully saturated rings. The van der Waals surface area contributed by atoms with Crippen molar-refractivity contribution in [3.05, 3.63) is 44.7 Å². The van der Waals surface area contributed by atoms with Gasteiger partial charge in [-0.15, -0.1) is 0 Å². The van der Waals surface area contributed by atoms with Crippen LogP contribution in [0.1, 0.15) is 30.1 Å². The summed E-state index contributed by atoms with van der Waals surface area (Å²) in [5.41, 5.74) is 0.912. The first-order valence-electron chi connectivity index (χ1n) is 8.41. The number of hydrogen-bond acceptors (Lipinski definition) is 3. The van der Waals surface area contributed by atoms with Gasteiger partial charge in [0, 0.05) is 29.0 Å². The van der Waals surface area contributed by atoms with Crippen molar-refractivity contribution in [2.24, 2.45) is 5.92 Å². The summed E-state index contributed by atoms with van der Waals surface area (Å²) >= 11 is 3.44. The standard InChI is InChI=1S/C18H22BrN3O2/c1-2-20-11-12-6-8-22(9-7-12)18(24)14-10-16(23)21-17-13(14)4-3-5-15(17)19/h3-5,10,12,20H,2,6-9,11H2,1H3,(H,21,23). The summed E-state index contributed by atoms with van der Waals surface area (Å²) in [6.45, 7) is 5.59. The summed E-state index contributed by atoms with van der Waals surface area (Å²) in [7, 11) is 0. The van der Waals surface area contributed by atoms with Crippen LogP contribution in [0.15, 0.2) is 33.5 Å². The molecule has 2 heterocycles. The van der Waals surface area contributed by atoms with Gasteiger partial charge in [0.25, 0.3) is 5.91 Å². The smallest absolute Gasteiger partial charge is 0.254 e. The van der Waals surface area contributed by atoms with E-state index >= 15 is 0 Å². The molecule has 0 radical (unpaired) electrons. The first kappa shape index (κ1) is 17.2. The van der Waals surface area contributed by atoms with E-state index in [9.17, 15) is 9.59 Å². The number of aromatic amines is 1.